The number of hydrogen-bond donors (Lipinski definition) is 0. The van der Waals surface area contributed by atoms with Crippen LogP contribution >= 0.6 is 0 Å². The summed E-state index contributed by atoms with van der Waals surface area (Å²) in [5.74, 6) is 0.0701. The van der Waals surface area contributed by atoms with Gasteiger partial charge in [-0.15, -0.1) is 0 Å². The van der Waals surface area contributed by atoms with E-state index in [9.17, 15) is 9.59 Å². The number of hydrogen-bond acceptors (Lipinski definition) is 5. The van der Waals surface area contributed by atoms with Gasteiger partial charge in [0.25, 0.3) is 0 Å². The van der Waals surface area contributed by atoms with Crippen molar-refractivity contribution in [2.75, 3.05) is 7.11 Å². The van der Waals surface area contributed by atoms with Crippen molar-refractivity contribution < 1.29 is 23.8 Å². The van der Waals surface area contributed by atoms with E-state index in [0.717, 1.165) is 6.42 Å². The van der Waals surface area contributed by atoms with Gasteiger partial charge in [-0.05, 0) is 24.7 Å². The predicted octanol–water partition coefficient (Wildman–Crippen LogP) is 2.57. The molecule has 0 aromatic rings. The van der Waals surface area contributed by atoms with Crippen LogP contribution in [0.25, 0.3) is 0 Å². The Labute approximate surface area is 127 Å². The highest BCUT2D eigenvalue weighted by molar-refractivity contribution is 5.74. The van der Waals surface area contributed by atoms with Gasteiger partial charge in [0.2, 0.25) is 0 Å². The molecule has 6 atom stereocenters. The Balaban J connectivity index is 2.85. The van der Waals surface area contributed by atoms with Crippen LogP contribution in [0.15, 0.2) is 0 Å². The number of carbonyl (C=O) groups is 2. The molecule has 1 heterocycles. The maximum absolute atomic E-state index is 11.8. The van der Waals surface area contributed by atoms with E-state index in [0.29, 0.717) is 18.3 Å². The van der Waals surface area contributed by atoms with Crippen LogP contribution in [0.3, 0.4) is 0 Å². The first kappa shape index (κ1) is 18.0. The molecule has 0 amide bonds. The van der Waals surface area contributed by atoms with Gasteiger partial charge in [-0.2, -0.15) is 0 Å². The van der Waals surface area contributed by atoms with Crippen molar-refractivity contribution in [1.82, 2.24) is 0 Å². The minimum atomic E-state index is -0.525. The van der Waals surface area contributed by atoms with Crippen LogP contribution in [0.2, 0.25) is 0 Å². The lowest BCUT2D eigenvalue weighted by atomic mass is 9.77. The fraction of sp³-hybridized carbons (Fsp3) is 0.875. The molecule has 0 aliphatic carbocycles. The second-order valence-electron chi connectivity index (χ2n) is 6.10. The smallest absolute Gasteiger partial charge is 0.334 e. The average Bonchev–Trinajstić information content (AvgIpc) is 2.45. The Hall–Kier alpha value is -1.10. The maximum atomic E-state index is 11.8. The fourth-order valence-electron chi connectivity index (χ4n) is 3.12. The van der Waals surface area contributed by atoms with Crippen molar-refractivity contribution >= 4 is 11.9 Å². The molecule has 5 unspecified atom stereocenters. The summed E-state index contributed by atoms with van der Waals surface area (Å²) in [7, 11) is 1.38. The second kappa shape index (κ2) is 7.78. The van der Waals surface area contributed by atoms with Gasteiger partial charge in [0, 0.05) is 12.8 Å². The number of rotatable bonds is 5. The van der Waals surface area contributed by atoms with Crippen LogP contribution < -0.4 is 0 Å². The average molecular weight is 300 g/mol. The highest BCUT2D eigenvalue weighted by atomic mass is 16.6. The molecular weight excluding hydrogens is 272 g/mol. The quantitative estimate of drug-likeness (QED) is 0.730. The van der Waals surface area contributed by atoms with E-state index in [1.54, 1.807) is 0 Å². The van der Waals surface area contributed by atoms with Crippen molar-refractivity contribution in [3.8, 4) is 0 Å². The summed E-state index contributed by atoms with van der Waals surface area (Å²) in [6.45, 7) is 9.67. The molecule has 0 bridgehead atoms. The first-order chi connectivity index (χ1) is 9.81. The minimum absolute atomic E-state index is 0.0313. The van der Waals surface area contributed by atoms with Gasteiger partial charge in [-0.3, -0.25) is 4.79 Å². The van der Waals surface area contributed by atoms with Gasteiger partial charge >= 0.3 is 11.9 Å². The number of carbonyl (C=O) groups excluding carboxylic acids is 2. The van der Waals surface area contributed by atoms with Crippen LogP contribution in [0.5, 0.6) is 0 Å². The molecular formula is C16H28O5. The Bertz CT molecular complexity index is 368. The predicted molar refractivity (Wildman–Crippen MR) is 78.6 cm³/mol. The van der Waals surface area contributed by atoms with E-state index < -0.39 is 6.10 Å². The Morgan fingerprint density at radius 1 is 1.33 bits per heavy atom. The monoisotopic (exact) mass is 300 g/mol. The van der Waals surface area contributed by atoms with Crippen LogP contribution in [0.1, 0.15) is 47.5 Å². The molecule has 0 radical (unpaired) electrons. The molecule has 0 aromatic carbocycles. The largest absolute Gasteiger partial charge is 0.467 e. The summed E-state index contributed by atoms with van der Waals surface area (Å²) in [5.41, 5.74) is 0. The van der Waals surface area contributed by atoms with Crippen molar-refractivity contribution in [2.45, 2.75) is 65.8 Å². The maximum Gasteiger partial charge on any atom is 0.334 e. The summed E-state index contributed by atoms with van der Waals surface area (Å²) in [6, 6.07) is 0. The fourth-order valence-corrected chi connectivity index (χ4v) is 3.12. The highest BCUT2D eigenvalue weighted by Gasteiger charge is 2.42. The normalized spacial score (nSPS) is 32.1. The molecule has 1 aliphatic rings. The van der Waals surface area contributed by atoms with E-state index in [2.05, 4.69) is 13.8 Å². The van der Waals surface area contributed by atoms with Crippen LogP contribution in [-0.4, -0.2) is 37.4 Å². The zero-order chi connectivity index (χ0) is 16.2. The molecule has 1 aliphatic heterocycles. The third-order valence-electron chi connectivity index (χ3n) is 4.61. The van der Waals surface area contributed by atoms with Crippen molar-refractivity contribution in [1.29, 1.82) is 0 Å². The van der Waals surface area contributed by atoms with E-state index in [1.165, 1.54) is 14.0 Å². The summed E-state index contributed by atoms with van der Waals surface area (Å²) in [5, 5.41) is 0. The lowest BCUT2D eigenvalue weighted by Crippen LogP contribution is -2.48. The molecule has 0 N–H and O–H groups in total. The molecule has 1 fully saturated rings. The van der Waals surface area contributed by atoms with Gasteiger partial charge in [-0.25, -0.2) is 4.79 Å². The first-order valence-corrected chi connectivity index (χ1v) is 7.72. The van der Waals surface area contributed by atoms with Gasteiger partial charge in [0.15, 0.2) is 6.10 Å². The van der Waals surface area contributed by atoms with E-state index in [-0.39, 0.29) is 30.1 Å². The molecule has 122 valence electrons. The Morgan fingerprint density at radius 2 is 1.95 bits per heavy atom. The Morgan fingerprint density at radius 3 is 2.43 bits per heavy atom. The van der Waals surface area contributed by atoms with Crippen LogP contribution in [-0.2, 0) is 23.8 Å². The van der Waals surface area contributed by atoms with Crippen molar-refractivity contribution in [2.24, 2.45) is 17.8 Å². The van der Waals surface area contributed by atoms with E-state index in [1.807, 2.05) is 13.8 Å². The lowest BCUT2D eigenvalue weighted by Gasteiger charge is -2.42. The summed E-state index contributed by atoms with van der Waals surface area (Å²) < 4.78 is 16.2. The third kappa shape index (κ3) is 4.43. The van der Waals surface area contributed by atoms with Crippen molar-refractivity contribution in [3.05, 3.63) is 0 Å². The lowest BCUT2D eigenvalue weighted by molar-refractivity contribution is -0.185. The molecule has 0 spiro atoms. The molecule has 5 nitrogen and oxygen atoms in total. The molecule has 21 heavy (non-hydrogen) atoms. The number of methoxy groups -OCH3 is 1. The molecule has 1 rings (SSSR count). The highest BCUT2D eigenvalue weighted by Crippen LogP contribution is 2.36. The molecule has 0 aromatic heterocycles. The van der Waals surface area contributed by atoms with Crippen molar-refractivity contribution in [3.63, 3.8) is 0 Å². The summed E-state index contributed by atoms with van der Waals surface area (Å²) >= 11 is 0. The minimum Gasteiger partial charge on any atom is -0.467 e. The van der Waals surface area contributed by atoms with Gasteiger partial charge < -0.3 is 14.2 Å². The van der Waals surface area contributed by atoms with E-state index in [4.69, 9.17) is 14.2 Å². The number of esters is 2. The SMILES string of the molecule is CC[C@@H](OC(C)=O)C(C)C1OC(C(=O)OC)CC(C)C1C. The number of ether oxygens (including phenoxy) is 3. The zero-order valence-corrected chi connectivity index (χ0v) is 13.9. The second-order valence-corrected chi connectivity index (χ2v) is 6.10. The van der Waals surface area contributed by atoms with Crippen LogP contribution in [0.4, 0.5) is 0 Å². The van der Waals surface area contributed by atoms with Gasteiger partial charge in [0.05, 0.1) is 13.2 Å². The Kier molecular flexibility index (Phi) is 6.65. The first-order valence-electron chi connectivity index (χ1n) is 7.72. The topological polar surface area (TPSA) is 61.8 Å². The van der Waals surface area contributed by atoms with Crippen LogP contribution in [0, 0.1) is 17.8 Å². The van der Waals surface area contributed by atoms with E-state index >= 15 is 0 Å². The molecule has 1 saturated heterocycles. The van der Waals surface area contributed by atoms with Gasteiger partial charge in [0.1, 0.15) is 6.10 Å². The summed E-state index contributed by atoms with van der Waals surface area (Å²) in [4.78, 5) is 23.0. The summed E-state index contributed by atoms with van der Waals surface area (Å²) in [6.07, 6.45) is 0.552. The zero-order valence-electron chi connectivity index (χ0n) is 13.9. The van der Waals surface area contributed by atoms with Gasteiger partial charge in [-0.1, -0.05) is 27.7 Å². The standard InChI is InChI=1S/C16H28O5/c1-7-13(20-12(5)17)11(4)15-10(3)9(2)8-14(21-15)16(18)19-6/h9-11,13-15H,7-8H2,1-6H3/t9?,10?,11?,13-,14?,15?/m1/s1. The third-order valence-corrected chi connectivity index (χ3v) is 4.61. The molecule has 0 saturated carbocycles. The molecule has 5 heteroatoms.